The lowest BCUT2D eigenvalue weighted by molar-refractivity contribution is -0.118. The second-order valence-corrected chi connectivity index (χ2v) is 10.2. The molecule has 0 aromatic heterocycles. The maximum absolute atomic E-state index is 12.8. The molecular weight excluding hydrogens is 614 g/mol. The Labute approximate surface area is 258 Å². The number of hydrogen-bond acceptors (Lipinski definition) is 7. The zero-order chi connectivity index (χ0) is 30.6. The molecule has 10 heteroatoms. The lowest BCUT2D eigenvalue weighted by Gasteiger charge is -2.14. The van der Waals surface area contributed by atoms with Crippen molar-refractivity contribution in [3.8, 4) is 23.0 Å². The number of halogens is 1. The number of anilines is 1. The molecule has 222 valence electrons. The number of hydrogen-bond donors (Lipinski definition) is 2. The second kappa shape index (κ2) is 15.4. The molecule has 0 saturated carbocycles. The van der Waals surface area contributed by atoms with Crippen molar-refractivity contribution in [3.63, 3.8) is 0 Å². The van der Waals surface area contributed by atoms with Crippen LogP contribution in [0.25, 0.3) is 0 Å². The Morgan fingerprint density at radius 3 is 2.37 bits per heavy atom. The number of benzene rings is 4. The second-order valence-electron chi connectivity index (χ2n) is 9.30. The van der Waals surface area contributed by atoms with Crippen molar-refractivity contribution < 1.29 is 28.5 Å². The zero-order valence-corrected chi connectivity index (χ0v) is 25.6. The van der Waals surface area contributed by atoms with Gasteiger partial charge in [0.1, 0.15) is 6.61 Å². The highest BCUT2D eigenvalue weighted by Crippen LogP contribution is 2.36. The highest BCUT2D eigenvalue weighted by atomic mass is 79.9. The summed E-state index contributed by atoms with van der Waals surface area (Å²) >= 11 is 3.49. The van der Waals surface area contributed by atoms with Crippen LogP contribution in [0.2, 0.25) is 0 Å². The van der Waals surface area contributed by atoms with Gasteiger partial charge in [-0.2, -0.15) is 5.10 Å². The van der Waals surface area contributed by atoms with Crippen LogP contribution in [0.4, 0.5) is 5.69 Å². The van der Waals surface area contributed by atoms with Gasteiger partial charge in [-0.15, -0.1) is 0 Å². The summed E-state index contributed by atoms with van der Waals surface area (Å²) in [7, 11) is 1.52. The fourth-order valence-corrected chi connectivity index (χ4v) is 4.50. The minimum Gasteiger partial charge on any atom is -0.493 e. The Balaban J connectivity index is 1.37. The van der Waals surface area contributed by atoms with Gasteiger partial charge >= 0.3 is 0 Å². The Hall–Kier alpha value is -4.83. The molecule has 0 aliphatic carbocycles. The van der Waals surface area contributed by atoms with Crippen molar-refractivity contribution in [1.29, 1.82) is 0 Å². The normalized spacial score (nSPS) is 10.7. The van der Waals surface area contributed by atoms with Gasteiger partial charge in [0.15, 0.2) is 29.6 Å². The third kappa shape index (κ3) is 9.08. The molecule has 0 aliphatic heterocycles. The monoisotopic (exact) mass is 645 g/mol. The molecule has 0 unspecified atom stereocenters. The lowest BCUT2D eigenvalue weighted by Crippen LogP contribution is -2.20. The van der Waals surface area contributed by atoms with E-state index in [9.17, 15) is 9.59 Å². The summed E-state index contributed by atoms with van der Waals surface area (Å²) < 4.78 is 23.4. The Bertz CT molecular complexity index is 1580. The molecule has 0 aliphatic rings. The van der Waals surface area contributed by atoms with Gasteiger partial charge in [-0.05, 0) is 83.4 Å². The van der Waals surface area contributed by atoms with E-state index in [2.05, 4.69) is 31.8 Å². The third-order valence-electron chi connectivity index (χ3n) is 6.06. The quantitative estimate of drug-likeness (QED) is 0.127. The Morgan fingerprint density at radius 1 is 0.884 bits per heavy atom. The molecule has 0 bridgehead atoms. The van der Waals surface area contributed by atoms with Crippen LogP contribution in [0, 0.1) is 6.92 Å². The summed E-state index contributed by atoms with van der Waals surface area (Å²) in [5.41, 5.74) is 6.31. The fourth-order valence-electron chi connectivity index (χ4n) is 3.93. The van der Waals surface area contributed by atoms with E-state index in [0.717, 1.165) is 11.1 Å². The Kier molecular flexibility index (Phi) is 11.2. The highest BCUT2D eigenvalue weighted by molar-refractivity contribution is 9.10. The van der Waals surface area contributed by atoms with E-state index in [1.165, 1.54) is 13.3 Å². The average molecular weight is 647 g/mol. The number of rotatable bonds is 13. The van der Waals surface area contributed by atoms with Crippen LogP contribution in [-0.2, 0) is 11.4 Å². The molecule has 2 N–H and O–H groups in total. The van der Waals surface area contributed by atoms with Gasteiger partial charge in [0, 0.05) is 11.3 Å². The Morgan fingerprint density at radius 2 is 1.65 bits per heavy atom. The van der Waals surface area contributed by atoms with Crippen molar-refractivity contribution in [1.82, 2.24) is 5.43 Å². The standard InChI is InChI=1S/C33H32BrN3O6/c1-4-41-30-17-24(16-27(34)32(30)43-21-31(38)36-26-13-10-22(2)11-14-26)19-35-37-33(39)25-12-15-28(29(18-25)40-3)42-20-23-8-6-5-7-9-23/h5-19H,4,20-21H2,1-3H3,(H,36,38)(H,37,39)/b35-19+. The summed E-state index contributed by atoms with van der Waals surface area (Å²) in [6.07, 6.45) is 1.48. The average Bonchev–Trinajstić information content (AvgIpc) is 3.01. The summed E-state index contributed by atoms with van der Waals surface area (Å²) in [4.78, 5) is 25.2. The number of ether oxygens (including phenoxy) is 4. The predicted octanol–water partition coefficient (Wildman–Crippen LogP) is 6.53. The van der Waals surface area contributed by atoms with Gasteiger partial charge in [-0.1, -0.05) is 48.0 Å². The maximum Gasteiger partial charge on any atom is 0.271 e. The molecule has 0 saturated heterocycles. The third-order valence-corrected chi connectivity index (χ3v) is 6.65. The van der Waals surface area contributed by atoms with Crippen LogP contribution in [0.5, 0.6) is 23.0 Å². The van der Waals surface area contributed by atoms with Crippen molar-refractivity contribution in [2.45, 2.75) is 20.5 Å². The predicted molar refractivity (Wildman–Crippen MR) is 169 cm³/mol. The first-order valence-electron chi connectivity index (χ1n) is 13.5. The highest BCUT2D eigenvalue weighted by Gasteiger charge is 2.15. The molecule has 0 heterocycles. The number of nitrogens with zero attached hydrogens (tertiary/aromatic N) is 1. The van der Waals surface area contributed by atoms with E-state index < -0.39 is 5.91 Å². The summed E-state index contributed by atoms with van der Waals surface area (Å²) in [6, 6.07) is 25.6. The van der Waals surface area contributed by atoms with Gasteiger partial charge in [0.25, 0.3) is 11.8 Å². The van der Waals surface area contributed by atoms with Crippen LogP contribution in [-0.4, -0.2) is 38.4 Å². The number of amides is 2. The minimum absolute atomic E-state index is 0.213. The number of hydrazone groups is 1. The zero-order valence-electron chi connectivity index (χ0n) is 24.1. The number of methoxy groups -OCH3 is 1. The molecule has 4 rings (SSSR count). The van der Waals surface area contributed by atoms with Crippen LogP contribution in [0.1, 0.15) is 34.0 Å². The molecule has 0 fully saturated rings. The van der Waals surface area contributed by atoms with Gasteiger partial charge in [0.2, 0.25) is 0 Å². The first-order valence-corrected chi connectivity index (χ1v) is 14.3. The molecule has 9 nitrogen and oxygen atoms in total. The van der Waals surface area contributed by atoms with E-state index in [0.29, 0.717) is 57.5 Å². The number of carbonyl (C=O) groups excluding carboxylic acids is 2. The van der Waals surface area contributed by atoms with Gasteiger partial charge in [0.05, 0.1) is 24.4 Å². The van der Waals surface area contributed by atoms with Gasteiger partial charge < -0.3 is 24.3 Å². The van der Waals surface area contributed by atoms with Crippen LogP contribution < -0.4 is 29.7 Å². The maximum atomic E-state index is 12.8. The molecular formula is C33H32BrN3O6. The van der Waals surface area contributed by atoms with Crippen LogP contribution >= 0.6 is 15.9 Å². The number of carbonyl (C=O) groups is 2. The van der Waals surface area contributed by atoms with E-state index in [4.69, 9.17) is 18.9 Å². The smallest absolute Gasteiger partial charge is 0.271 e. The van der Waals surface area contributed by atoms with Crippen LogP contribution in [0.3, 0.4) is 0 Å². The summed E-state index contributed by atoms with van der Waals surface area (Å²) in [5.74, 6) is 1.02. The first-order chi connectivity index (χ1) is 20.9. The number of nitrogens with one attached hydrogen (secondary N) is 2. The van der Waals surface area contributed by atoms with Crippen molar-refractivity contribution in [2.24, 2.45) is 5.10 Å². The summed E-state index contributed by atoms with van der Waals surface area (Å²) in [6.45, 7) is 4.35. The fraction of sp³-hybridized carbons (Fsp3) is 0.182. The van der Waals surface area contributed by atoms with Crippen LogP contribution in [0.15, 0.2) is 94.5 Å². The molecule has 4 aromatic carbocycles. The van der Waals surface area contributed by atoms with E-state index >= 15 is 0 Å². The first kappa shape index (κ1) is 31.1. The molecule has 2 amide bonds. The largest absolute Gasteiger partial charge is 0.493 e. The van der Waals surface area contributed by atoms with Gasteiger partial charge in [-0.3, -0.25) is 9.59 Å². The summed E-state index contributed by atoms with van der Waals surface area (Å²) in [5, 5.41) is 6.89. The molecule has 43 heavy (non-hydrogen) atoms. The lowest BCUT2D eigenvalue weighted by atomic mass is 10.2. The molecule has 0 radical (unpaired) electrons. The van der Waals surface area contributed by atoms with Crippen molar-refractivity contribution in [3.05, 3.63) is 112 Å². The van der Waals surface area contributed by atoms with Gasteiger partial charge in [-0.25, -0.2) is 5.43 Å². The van der Waals surface area contributed by atoms with E-state index in [-0.39, 0.29) is 12.5 Å². The molecule has 4 aromatic rings. The molecule has 0 spiro atoms. The van der Waals surface area contributed by atoms with Crippen molar-refractivity contribution in [2.75, 3.05) is 25.6 Å². The minimum atomic E-state index is -0.423. The SMILES string of the molecule is CCOc1cc(/C=N/NC(=O)c2ccc(OCc3ccccc3)c(OC)c2)cc(Br)c1OCC(=O)Nc1ccc(C)cc1. The topological polar surface area (TPSA) is 107 Å². The van der Waals surface area contributed by atoms with E-state index in [1.807, 2.05) is 68.4 Å². The van der Waals surface area contributed by atoms with E-state index in [1.54, 1.807) is 30.3 Å². The molecule has 0 atom stereocenters. The number of aryl methyl sites for hydroxylation is 1. The van der Waals surface area contributed by atoms with Crippen molar-refractivity contribution >= 4 is 39.6 Å².